The first kappa shape index (κ1) is 37.7. The van der Waals surface area contributed by atoms with E-state index in [9.17, 15) is 50.8 Å². The topological polar surface area (TPSA) is 185 Å². The molecule has 2 aromatic carbocycles. The van der Waals surface area contributed by atoms with E-state index >= 15 is 0 Å². The lowest BCUT2D eigenvalue weighted by atomic mass is 9.78. The summed E-state index contributed by atoms with van der Waals surface area (Å²) in [6.45, 7) is 0.850. The lowest BCUT2D eigenvalue weighted by molar-refractivity contribution is -0.138. The summed E-state index contributed by atoms with van der Waals surface area (Å²) in [4.78, 5) is 40.2. The second-order valence-corrected chi connectivity index (χ2v) is 10.4. The summed E-state index contributed by atoms with van der Waals surface area (Å²) in [6, 6.07) is 3.65. The highest BCUT2D eigenvalue weighted by molar-refractivity contribution is 6.58. The van der Waals surface area contributed by atoms with E-state index in [2.05, 4.69) is 5.32 Å². The van der Waals surface area contributed by atoms with Crippen molar-refractivity contribution in [3.8, 4) is 0 Å². The zero-order valence-electron chi connectivity index (χ0n) is 24.2. The van der Waals surface area contributed by atoms with Gasteiger partial charge < -0.3 is 37.5 Å². The third-order valence-electron chi connectivity index (χ3n) is 6.88. The lowest BCUT2D eigenvalue weighted by Gasteiger charge is -2.23. The minimum absolute atomic E-state index is 0.00111. The maximum absolute atomic E-state index is 13.4. The largest absolute Gasteiger partial charge is 0.488 e. The van der Waals surface area contributed by atoms with Crippen molar-refractivity contribution in [3.05, 3.63) is 64.7 Å². The number of carbonyl (C=O) groups excluding carboxylic acids is 3. The van der Waals surface area contributed by atoms with Gasteiger partial charge in [-0.25, -0.2) is 0 Å². The number of nitrogens with zero attached hydrogens (tertiary/aromatic N) is 1. The van der Waals surface area contributed by atoms with Crippen LogP contribution in [0.25, 0.3) is 0 Å². The van der Waals surface area contributed by atoms with Crippen molar-refractivity contribution < 1.29 is 50.8 Å². The summed E-state index contributed by atoms with van der Waals surface area (Å²) in [6.07, 6.45) is -10.5. The van der Waals surface area contributed by atoms with Crippen LogP contribution in [0.3, 0.4) is 0 Å². The van der Waals surface area contributed by atoms with Crippen molar-refractivity contribution in [2.75, 3.05) is 26.2 Å². The molecule has 0 aliphatic heterocycles. The maximum Gasteiger partial charge on any atom is 0.488 e. The molecule has 10 nitrogen and oxygen atoms in total. The predicted molar refractivity (Wildman–Crippen MR) is 154 cm³/mol. The van der Waals surface area contributed by atoms with Crippen LogP contribution in [0, 0.1) is 0 Å². The number of alkyl halides is 6. The number of carbonyl (C=O) groups is 3. The molecule has 0 heterocycles. The Kier molecular flexibility index (Phi) is 14.0. The molecule has 248 valence electrons. The van der Waals surface area contributed by atoms with Gasteiger partial charge in [0.05, 0.1) is 23.2 Å². The molecule has 0 aliphatic carbocycles. The van der Waals surface area contributed by atoms with Crippen molar-refractivity contribution in [3.63, 3.8) is 0 Å². The highest BCUT2D eigenvalue weighted by atomic mass is 19.4. The van der Waals surface area contributed by atoms with Crippen LogP contribution in [0.15, 0.2) is 42.5 Å². The maximum atomic E-state index is 13.4. The summed E-state index contributed by atoms with van der Waals surface area (Å²) in [5, 5.41) is 21.3. The van der Waals surface area contributed by atoms with Gasteiger partial charge in [0.2, 0.25) is 11.8 Å². The Morgan fingerprint density at radius 3 is 1.93 bits per heavy atom. The number of ketones is 1. The fourth-order valence-corrected chi connectivity index (χ4v) is 4.46. The fraction of sp³-hybridized carbons (Fsp3) is 0.464. The van der Waals surface area contributed by atoms with Crippen molar-refractivity contribution >= 4 is 30.2 Å². The number of hydrogen-bond donors (Lipinski definition) is 6. The van der Waals surface area contributed by atoms with Crippen LogP contribution in [-0.4, -0.2) is 77.9 Å². The zero-order valence-corrected chi connectivity index (χ0v) is 24.2. The van der Waals surface area contributed by atoms with E-state index in [-0.39, 0.29) is 63.3 Å². The van der Waals surface area contributed by atoms with Crippen LogP contribution in [0.2, 0.25) is 0 Å². The Labute approximate surface area is 256 Å². The molecule has 0 radical (unpaired) electrons. The van der Waals surface area contributed by atoms with Crippen LogP contribution in [0.1, 0.15) is 41.5 Å². The first-order valence-corrected chi connectivity index (χ1v) is 14.0. The van der Waals surface area contributed by atoms with E-state index in [1.54, 1.807) is 0 Å². The van der Waals surface area contributed by atoms with Gasteiger partial charge in [0, 0.05) is 39.0 Å². The molecular weight excluding hydrogens is 611 g/mol. The molecule has 0 aromatic heterocycles. The van der Waals surface area contributed by atoms with E-state index in [0.717, 1.165) is 18.2 Å². The smallest absolute Gasteiger partial charge is 0.423 e. The van der Waals surface area contributed by atoms with Gasteiger partial charge in [-0.1, -0.05) is 24.3 Å². The molecule has 0 spiro atoms. The minimum Gasteiger partial charge on any atom is -0.423 e. The number of hydrogen-bond acceptors (Lipinski definition) is 8. The van der Waals surface area contributed by atoms with Crippen LogP contribution >= 0.6 is 0 Å². The number of aryl methyl sites for hydroxylation is 1. The summed E-state index contributed by atoms with van der Waals surface area (Å²) in [7, 11) is -2.26. The standard InChI is InChI=1S/C28H36BF6N5O5/c30-27(31,32)19-4-1-17(2-5-19)3-7-23(39-26(43)22(38)6-8-25(42)40(11-9-36)12-10-37)24(41)15-18-13-20(28(33,34)35)16-21(14-18)29(44)45/h1-2,4-5,13-14,16,22-23,44-45H,3,6-12,15,36-38H2,(H,39,43)/t22-,23+/m0/s1. The van der Waals surface area contributed by atoms with Crippen molar-refractivity contribution in [2.24, 2.45) is 17.2 Å². The lowest BCUT2D eigenvalue weighted by Crippen LogP contribution is -2.49. The number of nitrogens with two attached hydrogens (primary N) is 3. The first-order valence-electron chi connectivity index (χ1n) is 14.0. The van der Waals surface area contributed by atoms with Crippen molar-refractivity contribution in [2.45, 2.75) is 56.5 Å². The van der Waals surface area contributed by atoms with Gasteiger partial charge in [0.1, 0.15) is 0 Å². The van der Waals surface area contributed by atoms with Crippen LogP contribution in [-0.2, 0) is 39.6 Å². The monoisotopic (exact) mass is 647 g/mol. The van der Waals surface area contributed by atoms with Gasteiger partial charge in [-0.05, 0) is 54.1 Å². The molecule has 0 saturated carbocycles. The average molecular weight is 647 g/mol. The van der Waals surface area contributed by atoms with Gasteiger partial charge in [-0.15, -0.1) is 0 Å². The molecule has 0 fully saturated rings. The number of halogens is 6. The van der Waals surface area contributed by atoms with Gasteiger partial charge in [-0.2, -0.15) is 26.3 Å². The second kappa shape index (κ2) is 16.7. The summed E-state index contributed by atoms with van der Waals surface area (Å²) >= 11 is 0. The van der Waals surface area contributed by atoms with Gasteiger partial charge in [-0.3, -0.25) is 14.4 Å². The molecule has 0 unspecified atom stereocenters. The molecule has 9 N–H and O–H groups in total. The highest BCUT2D eigenvalue weighted by Crippen LogP contribution is 2.30. The summed E-state index contributed by atoms with van der Waals surface area (Å²) in [5.74, 6) is -1.96. The normalized spacial score (nSPS) is 13.2. The molecule has 0 aliphatic rings. The molecule has 2 aromatic rings. The SMILES string of the molecule is NCCN(CCN)C(=O)CC[C@H](N)C(=O)N[C@H](CCc1ccc(C(F)(F)F)cc1)C(=O)Cc1cc(B(O)O)cc(C(F)(F)F)c1. The Morgan fingerprint density at radius 1 is 0.844 bits per heavy atom. The molecule has 0 bridgehead atoms. The van der Waals surface area contributed by atoms with Gasteiger partial charge >= 0.3 is 19.5 Å². The average Bonchev–Trinajstić information content (AvgIpc) is 2.96. The zero-order chi connectivity index (χ0) is 33.9. The van der Waals surface area contributed by atoms with E-state index in [0.29, 0.717) is 17.7 Å². The molecular formula is C28H36BF6N5O5. The fourth-order valence-electron chi connectivity index (χ4n) is 4.46. The molecule has 0 saturated heterocycles. The second-order valence-electron chi connectivity index (χ2n) is 10.4. The van der Waals surface area contributed by atoms with Crippen LogP contribution in [0.4, 0.5) is 26.3 Å². The highest BCUT2D eigenvalue weighted by Gasteiger charge is 2.33. The summed E-state index contributed by atoms with van der Waals surface area (Å²) in [5.41, 5.74) is 14.5. The summed E-state index contributed by atoms with van der Waals surface area (Å²) < 4.78 is 79.1. The predicted octanol–water partition coefficient (Wildman–Crippen LogP) is 0.487. The van der Waals surface area contributed by atoms with Gasteiger partial charge in [0.15, 0.2) is 5.78 Å². The van der Waals surface area contributed by atoms with E-state index < -0.39 is 66.3 Å². The van der Waals surface area contributed by atoms with Gasteiger partial charge in [0.25, 0.3) is 0 Å². The molecule has 2 rings (SSSR count). The first-order chi connectivity index (χ1) is 21.0. The molecule has 2 atom stereocenters. The Morgan fingerprint density at radius 2 is 1.42 bits per heavy atom. The van der Waals surface area contributed by atoms with E-state index in [4.69, 9.17) is 17.2 Å². The van der Waals surface area contributed by atoms with E-state index in [1.165, 1.54) is 17.0 Å². The molecule has 17 heteroatoms. The number of Topliss-reactive ketones (excluding diaryl/α,β-unsaturated/α-hetero) is 1. The third kappa shape index (κ3) is 12.1. The quantitative estimate of drug-likeness (QED) is 0.112. The Hall–Kier alpha value is -3.51. The number of rotatable bonds is 16. The number of benzene rings is 2. The molecule has 2 amide bonds. The van der Waals surface area contributed by atoms with Crippen molar-refractivity contribution in [1.82, 2.24) is 10.2 Å². The number of nitrogens with one attached hydrogen (secondary N) is 1. The Balaban J connectivity index is 2.25. The van der Waals surface area contributed by atoms with E-state index in [1.807, 2.05) is 0 Å². The number of amides is 2. The third-order valence-corrected chi connectivity index (χ3v) is 6.88. The van der Waals surface area contributed by atoms with Crippen LogP contribution in [0.5, 0.6) is 0 Å². The van der Waals surface area contributed by atoms with Crippen LogP contribution < -0.4 is 28.0 Å². The minimum atomic E-state index is -4.87. The molecule has 45 heavy (non-hydrogen) atoms. The Bertz CT molecular complexity index is 1290. The van der Waals surface area contributed by atoms with Crippen molar-refractivity contribution in [1.29, 1.82) is 0 Å².